The molecule has 3 heterocycles. The third-order valence-electron chi connectivity index (χ3n) is 5.40. The number of amides is 1. The Balaban J connectivity index is 1.79. The summed E-state index contributed by atoms with van der Waals surface area (Å²) in [6, 6.07) is 6.38. The molecule has 0 saturated carbocycles. The van der Waals surface area contributed by atoms with Gasteiger partial charge in [0.05, 0.1) is 18.7 Å². The number of likely N-dealkylation sites (tertiary alicyclic amines) is 1. The number of rotatable bonds is 5. The molecule has 1 aliphatic rings. The molecule has 0 radical (unpaired) electrons. The Labute approximate surface area is 165 Å². The van der Waals surface area contributed by atoms with Gasteiger partial charge < -0.3 is 9.88 Å². The second-order valence-electron chi connectivity index (χ2n) is 7.90. The zero-order chi connectivity index (χ0) is 19.6. The van der Waals surface area contributed by atoms with Crippen LogP contribution in [0.4, 0.5) is 5.82 Å². The Morgan fingerprint density at radius 3 is 2.63 bits per heavy atom. The van der Waals surface area contributed by atoms with Gasteiger partial charge in [0.1, 0.15) is 11.9 Å². The predicted molar refractivity (Wildman–Crippen MR) is 110 cm³/mol. The third kappa shape index (κ3) is 4.42. The van der Waals surface area contributed by atoms with Gasteiger partial charge in [0.15, 0.2) is 0 Å². The molecule has 0 unspecified atom stereocenters. The van der Waals surface area contributed by atoms with Gasteiger partial charge in [-0.25, -0.2) is 0 Å². The molecule has 2 atom stereocenters. The Morgan fingerprint density at radius 2 is 2.04 bits per heavy atom. The normalized spacial score (nSPS) is 20.4. The second-order valence-corrected chi connectivity index (χ2v) is 8.93. The SMILES string of the molecule is Cc1c(C#N)c(NC(=O)CN2C[C@H](C)C[C@H](C)C2)n(Cc2cccs2)c1C. The summed E-state index contributed by atoms with van der Waals surface area (Å²) in [6.07, 6.45) is 1.22. The van der Waals surface area contributed by atoms with Gasteiger partial charge in [-0.15, -0.1) is 11.3 Å². The summed E-state index contributed by atoms with van der Waals surface area (Å²) in [7, 11) is 0. The summed E-state index contributed by atoms with van der Waals surface area (Å²) in [5.74, 6) is 1.81. The molecule has 6 heteroatoms. The largest absolute Gasteiger partial charge is 0.325 e. The van der Waals surface area contributed by atoms with E-state index in [0.717, 1.165) is 24.3 Å². The molecule has 27 heavy (non-hydrogen) atoms. The number of carbonyl (C=O) groups excluding carboxylic acids is 1. The van der Waals surface area contributed by atoms with E-state index in [1.165, 1.54) is 11.3 Å². The van der Waals surface area contributed by atoms with Gasteiger partial charge in [-0.3, -0.25) is 9.69 Å². The highest BCUT2D eigenvalue weighted by molar-refractivity contribution is 7.09. The molecule has 2 aromatic heterocycles. The molecule has 1 saturated heterocycles. The van der Waals surface area contributed by atoms with Gasteiger partial charge in [0.25, 0.3) is 0 Å². The number of thiophene rings is 1. The number of hydrogen-bond acceptors (Lipinski definition) is 4. The van der Waals surface area contributed by atoms with E-state index < -0.39 is 0 Å². The van der Waals surface area contributed by atoms with Crippen LogP contribution < -0.4 is 5.32 Å². The van der Waals surface area contributed by atoms with Crippen LogP contribution in [0.1, 0.15) is 42.0 Å². The zero-order valence-corrected chi connectivity index (χ0v) is 17.4. The molecule has 1 N–H and O–H groups in total. The van der Waals surface area contributed by atoms with E-state index in [-0.39, 0.29) is 5.91 Å². The van der Waals surface area contributed by atoms with Gasteiger partial charge in [-0.05, 0) is 49.1 Å². The first kappa shape index (κ1) is 19.7. The number of carbonyl (C=O) groups is 1. The molecule has 0 bridgehead atoms. The maximum absolute atomic E-state index is 12.8. The lowest BCUT2D eigenvalue weighted by Gasteiger charge is -2.34. The minimum absolute atomic E-state index is 0.0438. The topological polar surface area (TPSA) is 61.1 Å². The van der Waals surface area contributed by atoms with Crippen LogP contribution >= 0.6 is 11.3 Å². The molecule has 1 amide bonds. The van der Waals surface area contributed by atoms with E-state index in [9.17, 15) is 10.1 Å². The van der Waals surface area contributed by atoms with E-state index >= 15 is 0 Å². The molecule has 0 aromatic carbocycles. The Kier molecular flexibility index (Phi) is 6.03. The number of piperidine rings is 1. The van der Waals surface area contributed by atoms with Crippen molar-refractivity contribution in [3.8, 4) is 6.07 Å². The summed E-state index contributed by atoms with van der Waals surface area (Å²) in [4.78, 5) is 16.2. The van der Waals surface area contributed by atoms with Crippen molar-refractivity contribution in [2.75, 3.05) is 25.0 Å². The molecule has 1 fully saturated rings. The number of aromatic nitrogens is 1. The highest BCUT2D eigenvalue weighted by Gasteiger charge is 2.25. The van der Waals surface area contributed by atoms with E-state index in [2.05, 4.69) is 40.8 Å². The standard InChI is InChI=1S/C21H28N4OS/c1-14-8-15(2)11-24(10-14)13-20(26)23-21-19(9-22)16(3)17(4)25(21)12-18-6-5-7-27-18/h5-7,14-15H,8,10-13H2,1-4H3,(H,23,26)/t14-,15+. The fraction of sp³-hybridized carbons (Fsp3) is 0.524. The summed E-state index contributed by atoms with van der Waals surface area (Å²) < 4.78 is 2.05. The quantitative estimate of drug-likeness (QED) is 0.847. The first-order valence-corrected chi connectivity index (χ1v) is 10.4. The number of nitrogens with one attached hydrogen (secondary N) is 1. The van der Waals surface area contributed by atoms with Crippen LogP contribution in [0.25, 0.3) is 0 Å². The summed E-state index contributed by atoms with van der Waals surface area (Å²) >= 11 is 1.68. The fourth-order valence-corrected chi connectivity index (χ4v) is 4.87. The Bertz CT molecular complexity index is 837. The average Bonchev–Trinajstić information content (AvgIpc) is 3.17. The van der Waals surface area contributed by atoms with Crippen molar-refractivity contribution in [1.29, 1.82) is 5.26 Å². The van der Waals surface area contributed by atoms with Crippen molar-refractivity contribution in [3.05, 3.63) is 39.2 Å². The smallest absolute Gasteiger partial charge is 0.239 e. The highest BCUT2D eigenvalue weighted by Crippen LogP contribution is 2.28. The van der Waals surface area contributed by atoms with Gasteiger partial charge in [0, 0.05) is 23.7 Å². The van der Waals surface area contributed by atoms with E-state index in [1.54, 1.807) is 11.3 Å². The third-order valence-corrected chi connectivity index (χ3v) is 6.27. The van der Waals surface area contributed by atoms with E-state index in [4.69, 9.17) is 0 Å². The number of nitrogens with zero attached hydrogens (tertiary/aromatic N) is 3. The maximum Gasteiger partial charge on any atom is 0.239 e. The molecule has 2 aromatic rings. The first-order valence-electron chi connectivity index (χ1n) is 9.53. The van der Waals surface area contributed by atoms with Crippen LogP contribution in [0.5, 0.6) is 0 Å². The van der Waals surface area contributed by atoms with Crippen molar-refractivity contribution < 1.29 is 4.79 Å². The molecule has 5 nitrogen and oxygen atoms in total. The lowest BCUT2D eigenvalue weighted by Crippen LogP contribution is -2.43. The molecular weight excluding hydrogens is 356 g/mol. The van der Waals surface area contributed by atoms with Gasteiger partial charge in [-0.1, -0.05) is 19.9 Å². The monoisotopic (exact) mass is 384 g/mol. The summed E-state index contributed by atoms with van der Waals surface area (Å²) in [5, 5.41) is 14.7. The number of hydrogen-bond donors (Lipinski definition) is 1. The lowest BCUT2D eigenvalue weighted by molar-refractivity contribution is -0.117. The van der Waals surface area contributed by atoms with E-state index in [0.29, 0.717) is 36.3 Å². The lowest BCUT2D eigenvalue weighted by atomic mass is 9.92. The van der Waals surface area contributed by atoms with Crippen molar-refractivity contribution >= 4 is 23.1 Å². The first-order chi connectivity index (χ1) is 12.9. The highest BCUT2D eigenvalue weighted by atomic mass is 32.1. The van der Waals surface area contributed by atoms with Gasteiger partial charge in [-0.2, -0.15) is 5.26 Å². The van der Waals surface area contributed by atoms with Gasteiger partial charge in [0.2, 0.25) is 5.91 Å². The molecule has 1 aliphatic heterocycles. The van der Waals surface area contributed by atoms with E-state index in [1.807, 2.05) is 25.3 Å². The zero-order valence-electron chi connectivity index (χ0n) is 16.6. The second kappa shape index (κ2) is 8.28. The molecule has 0 aliphatic carbocycles. The number of nitriles is 1. The van der Waals surface area contributed by atoms with Crippen LogP contribution in [0.15, 0.2) is 17.5 Å². The predicted octanol–water partition coefficient (Wildman–Crippen LogP) is 4.00. The van der Waals surface area contributed by atoms with Crippen LogP contribution in [0.2, 0.25) is 0 Å². The molecular formula is C21H28N4OS. The van der Waals surface area contributed by atoms with Crippen molar-refractivity contribution in [2.24, 2.45) is 11.8 Å². The minimum Gasteiger partial charge on any atom is -0.325 e. The molecule has 144 valence electrons. The average molecular weight is 385 g/mol. The van der Waals surface area contributed by atoms with Crippen LogP contribution in [0, 0.1) is 37.0 Å². The van der Waals surface area contributed by atoms with Crippen LogP contribution in [0.3, 0.4) is 0 Å². The van der Waals surface area contributed by atoms with Crippen LogP contribution in [-0.4, -0.2) is 35.0 Å². The Hall–Kier alpha value is -2.10. The number of anilines is 1. The van der Waals surface area contributed by atoms with Gasteiger partial charge >= 0.3 is 0 Å². The fourth-order valence-electron chi connectivity index (χ4n) is 4.18. The summed E-state index contributed by atoms with van der Waals surface area (Å²) in [5.41, 5.74) is 2.53. The Morgan fingerprint density at radius 1 is 1.33 bits per heavy atom. The van der Waals surface area contributed by atoms with Crippen molar-refractivity contribution in [2.45, 2.75) is 40.7 Å². The molecule has 0 spiro atoms. The molecule has 3 rings (SSSR count). The maximum atomic E-state index is 12.8. The summed E-state index contributed by atoms with van der Waals surface area (Å²) in [6.45, 7) is 11.4. The van der Waals surface area contributed by atoms with Crippen molar-refractivity contribution in [1.82, 2.24) is 9.47 Å². The minimum atomic E-state index is -0.0438. The van der Waals surface area contributed by atoms with Crippen molar-refractivity contribution in [3.63, 3.8) is 0 Å². The van der Waals surface area contributed by atoms with Crippen LogP contribution in [-0.2, 0) is 11.3 Å².